The molecule has 1 nitrogen and oxygen atoms in total. The largest absolute Gasteiger partial charge is 0.388 e. The van der Waals surface area contributed by atoms with E-state index in [0.29, 0.717) is 11.4 Å². The number of aliphatic hydroxyl groups excluding tert-OH is 1. The molecule has 3 heteroatoms. The molecular weight excluding hydrogens is 348 g/mol. The van der Waals surface area contributed by atoms with Crippen molar-refractivity contribution >= 4 is 38.3 Å². The van der Waals surface area contributed by atoms with Crippen molar-refractivity contribution in [3.63, 3.8) is 0 Å². The summed E-state index contributed by atoms with van der Waals surface area (Å²) < 4.78 is 1.06. The lowest BCUT2D eigenvalue weighted by Gasteiger charge is -2.12. The van der Waals surface area contributed by atoms with Crippen LogP contribution >= 0.6 is 27.5 Å². The molecular formula is C18H14BrClO. The Morgan fingerprint density at radius 3 is 2.33 bits per heavy atom. The quantitative estimate of drug-likeness (QED) is 0.650. The van der Waals surface area contributed by atoms with Gasteiger partial charge in [-0.15, -0.1) is 0 Å². The van der Waals surface area contributed by atoms with Crippen molar-refractivity contribution in [1.29, 1.82) is 0 Å². The molecule has 0 aliphatic heterocycles. The summed E-state index contributed by atoms with van der Waals surface area (Å²) in [6.07, 6.45) is 0.0679. The molecule has 21 heavy (non-hydrogen) atoms. The monoisotopic (exact) mass is 360 g/mol. The molecule has 3 aromatic carbocycles. The average Bonchev–Trinajstić information content (AvgIpc) is 2.49. The number of hydrogen-bond acceptors (Lipinski definition) is 1. The molecule has 3 rings (SSSR count). The third kappa shape index (κ3) is 3.46. The number of hydrogen-bond donors (Lipinski definition) is 1. The van der Waals surface area contributed by atoms with Gasteiger partial charge in [0.05, 0.1) is 6.10 Å². The second-order valence-corrected chi connectivity index (χ2v) is 6.45. The van der Waals surface area contributed by atoms with Crippen molar-refractivity contribution in [3.8, 4) is 0 Å². The fourth-order valence-corrected chi connectivity index (χ4v) is 2.91. The van der Waals surface area contributed by atoms with Crippen LogP contribution in [0.2, 0.25) is 5.02 Å². The molecule has 0 saturated carbocycles. The van der Waals surface area contributed by atoms with Crippen molar-refractivity contribution < 1.29 is 5.11 Å². The van der Waals surface area contributed by atoms with E-state index in [1.54, 1.807) is 0 Å². The van der Waals surface area contributed by atoms with Gasteiger partial charge in [-0.2, -0.15) is 0 Å². The lowest BCUT2D eigenvalue weighted by Crippen LogP contribution is -2.01. The zero-order valence-corrected chi connectivity index (χ0v) is 13.6. The van der Waals surface area contributed by atoms with Gasteiger partial charge in [-0.05, 0) is 52.2 Å². The molecule has 1 atom stereocenters. The predicted octanol–water partition coefficient (Wildman–Crippen LogP) is 5.53. The van der Waals surface area contributed by atoms with Gasteiger partial charge in [0, 0.05) is 15.9 Å². The topological polar surface area (TPSA) is 20.2 Å². The number of halogens is 2. The van der Waals surface area contributed by atoms with Gasteiger partial charge in [-0.1, -0.05) is 57.9 Å². The van der Waals surface area contributed by atoms with Crippen LogP contribution in [0.25, 0.3) is 10.8 Å². The van der Waals surface area contributed by atoms with E-state index >= 15 is 0 Å². The highest BCUT2D eigenvalue weighted by molar-refractivity contribution is 9.10. The van der Waals surface area contributed by atoms with Crippen molar-refractivity contribution in [3.05, 3.63) is 81.3 Å². The van der Waals surface area contributed by atoms with Crippen LogP contribution in [0.4, 0.5) is 0 Å². The highest BCUT2D eigenvalue weighted by atomic mass is 79.9. The maximum atomic E-state index is 10.4. The van der Waals surface area contributed by atoms with E-state index in [0.717, 1.165) is 26.4 Å². The van der Waals surface area contributed by atoms with Crippen molar-refractivity contribution in [1.82, 2.24) is 0 Å². The molecule has 0 spiro atoms. The van der Waals surface area contributed by atoms with Crippen LogP contribution in [0.15, 0.2) is 65.1 Å². The first-order chi connectivity index (χ1) is 10.1. The Morgan fingerprint density at radius 2 is 1.57 bits per heavy atom. The summed E-state index contributed by atoms with van der Waals surface area (Å²) in [4.78, 5) is 0. The minimum atomic E-state index is -0.515. The van der Waals surface area contributed by atoms with Gasteiger partial charge in [-0.3, -0.25) is 0 Å². The van der Waals surface area contributed by atoms with Crippen LogP contribution < -0.4 is 0 Å². The maximum absolute atomic E-state index is 10.4. The summed E-state index contributed by atoms with van der Waals surface area (Å²) >= 11 is 9.35. The third-order valence-corrected chi connectivity index (χ3v) is 4.30. The van der Waals surface area contributed by atoms with Gasteiger partial charge in [0.1, 0.15) is 0 Å². The lowest BCUT2D eigenvalue weighted by molar-refractivity contribution is 0.178. The van der Waals surface area contributed by atoms with Crippen molar-refractivity contribution in [2.45, 2.75) is 12.5 Å². The minimum Gasteiger partial charge on any atom is -0.388 e. The van der Waals surface area contributed by atoms with Crippen LogP contribution in [-0.4, -0.2) is 5.11 Å². The van der Waals surface area contributed by atoms with Crippen LogP contribution in [0.3, 0.4) is 0 Å². The Balaban J connectivity index is 1.85. The van der Waals surface area contributed by atoms with E-state index in [2.05, 4.69) is 28.1 Å². The second-order valence-electron chi connectivity index (χ2n) is 5.10. The summed E-state index contributed by atoms with van der Waals surface area (Å²) in [6, 6.07) is 19.8. The zero-order valence-electron chi connectivity index (χ0n) is 11.3. The van der Waals surface area contributed by atoms with E-state index in [1.807, 2.05) is 48.5 Å². The first-order valence-corrected chi connectivity index (χ1v) is 7.91. The second kappa shape index (κ2) is 6.18. The molecule has 1 unspecified atom stereocenters. The van der Waals surface area contributed by atoms with E-state index in [9.17, 15) is 5.11 Å². The first-order valence-electron chi connectivity index (χ1n) is 6.73. The number of fused-ring (bicyclic) bond motifs is 1. The summed E-state index contributed by atoms with van der Waals surface area (Å²) in [5.41, 5.74) is 2.00. The first kappa shape index (κ1) is 14.6. The molecule has 0 heterocycles. The van der Waals surface area contributed by atoms with E-state index in [1.165, 1.54) is 0 Å². The third-order valence-electron chi connectivity index (χ3n) is 3.55. The minimum absolute atomic E-state index is 0.515. The van der Waals surface area contributed by atoms with E-state index in [4.69, 9.17) is 11.6 Å². The highest BCUT2D eigenvalue weighted by Crippen LogP contribution is 2.25. The Bertz CT molecular complexity index is 768. The van der Waals surface area contributed by atoms with E-state index < -0.39 is 6.10 Å². The van der Waals surface area contributed by atoms with Gasteiger partial charge >= 0.3 is 0 Å². The molecule has 0 radical (unpaired) electrons. The van der Waals surface area contributed by atoms with Crippen LogP contribution in [0.1, 0.15) is 17.2 Å². The normalized spacial score (nSPS) is 12.5. The Kier molecular flexibility index (Phi) is 4.29. The number of rotatable bonds is 3. The Labute approximate surface area is 137 Å². The van der Waals surface area contributed by atoms with Gasteiger partial charge in [0.25, 0.3) is 0 Å². The van der Waals surface area contributed by atoms with Crippen molar-refractivity contribution in [2.24, 2.45) is 0 Å². The van der Waals surface area contributed by atoms with Gasteiger partial charge in [0.2, 0.25) is 0 Å². The summed E-state index contributed by atoms with van der Waals surface area (Å²) in [6.45, 7) is 0. The maximum Gasteiger partial charge on any atom is 0.0830 e. The summed E-state index contributed by atoms with van der Waals surface area (Å²) in [7, 11) is 0. The lowest BCUT2D eigenvalue weighted by atomic mass is 9.99. The van der Waals surface area contributed by atoms with Crippen LogP contribution in [0.5, 0.6) is 0 Å². The number of aliphatic hydroxyl groups is 1. The van der Waals surface area contributed by atoms with Crippen LogP contribution in [0, 0.1) is 0 Å². The molecule has 0 amide bonds. The fraction of sp³-hybridized carbons (Fsp3) is 0.111. The van der Waals surface area contributed by atoms with Gasteiger partial charge in [0.15, 0.2) is 0 Å². The summed E-state index contributed by atoms with van der Waals surface area (Å²) in [5.74, 6) is 0. The fourth-order valence-electron chi connectivity index (χ4n) is 2.40. The Morgan fingerprint density at radius 1 is 0.905 bits per heavy atom. The molecule has 3 aromatic rings. The SMILES string of the molecule is OC(Cc1ccc(Cl)cc1)c1ccc2cc(Br)ccc2c1. The molecule has 0 aliphatic carbocycles. The molecule has 0 saturated heterocycles. The molecule has 0 bridgehead atoms. The summed E-state index contributed by atoms with van der Waals surface area (Å²) in [5, 5.41) is 13.4. The molecule has 0 fully saturated rings. The Hall–Kier alpha value is -1.35. The zero-order chi connectivity index (χ0) is 14.8. The number of benzene rings is 3. The molecule has 106 valence electrons. The van der Waals surface area contributed by atoms with Gasteiger partial charge in [-0.25, -0.2) is 0 Å². The van der Waals surface area contributed by atoms with Crippen molar-refractivity contribution in [2.75, 3.05) is 0 Å². The molecule has 1 N–H and O–H groups in total. The predicted molar refractivity (Wildman–Crippen MR) is 91.8 cm³/mol. The molecule has 0 aromatic heterocycles. The molecule has 0 aliphatic rings. The van der Waals surface area contributed by atoms with E-state index in [-0.39, 0.29) is 0 Å². The highest BCUT2D eigenvalue weighted by Gasteiger charge is 2.09. The smallest absolute Gasteiger partial charge is 0.0830 e. The van der Waals surface area contributed by atoms with Crippen LogP contribution in [-0.2, 0) is 6.42 Å². The van der Waals surface area contributed by atoms with Gasteiger partial charge < -0.3 is 5.11 Å². The standard InChI is InChI=1S/C18H14BrClO/c19-16-6-5-13-10-15(4-3-14(13)11-16)18(21)9-12-1-7-17(20)8-2-12/h1-8,10-11,18,21H,9H2. The average molecular weight is 362 g/mol.